The second kappa shape index (κ2) is 8.38. The summed E-state index contributed by atoms with van der Waals surface area (Å²) in [6, 6.07) is 15.3. The lowest BCUT2D eigenvalue weighted by atomic mass is 10.0. The molecular weight excluding hydrogens is 415 g/mol. The fraction of sp³-hybridized carbons (Fsp3) is 0.0870. The van der Waals surface area contributed by atoms with Gasteiger partial charge in [0.2, 0.25) is 0 Å². The minimum Gasteiger partial charge on any atom is -0.505 e. The molecule has 0 fully saturated rings. The Morgan fingerprint density at radius 1 is 1.09 bits per heavy atom. The number of carbonyl (C=O) groups excluding carboxylic acids is 1. The Kier molecular flexibility index (Phi) is 5.46. The molecule has 1 amide bonds. The number of carboxylic acid groups (broad SMARTS) is 1. The minimum absolute atomic E-state index is 0.0817. The lowest BCUT2D eigenvalue weighted by molar-refractivity contribution is -0.117. The molecule has 1 aliphatic heterocycles. The van der Waals surface area contributed by atoms with Crippen molar-refractivity contribution in [2.24, 2.45) is 15.3 Å². The average molecular weight is 432 g/mol. The van der Waals surface area contributed by atoms with E-state index in [-0.39, 0.29) is 17.0 Å². The van der Waals surface area contributed by atoms with Crippen LogP contribution in [0.1, 0.15) is 17.3 Å². The van der Waals surface area contributed by atoms with Crippen LogP contribution in [0.15, 0.2) is 82.1 Å². The second-order valence-corrected chi connectivity index (χ2v) is 7.05. The minimum atomic E-state index is -1.08. The number of aromatic hydroxyl groups is 1. The Bertz CT molecular complexity index is 1270. The van der Waals surface area contributed by atoms with Gasteiger partial charge >= 0.3 is 5.97 Å². The third kappa shape index (κ3) is 3.95. The van der Waals surface area contributed by atoms with Crippen LogP contribution in [-0.2, 0) is 4.79 Å². The molecule has 0 bridgehead atoms. The number of carbonyl (C=O) groups is 2. The van der Waals surface area contributed by atoms with E-state index < -0.39 is 23.7 Å². The first-order chi connectivity index (χ1) is 15.3. The van der Waals surface area contributed by atoms with E-state index in [9.17, 15) is 24.2 Å². The topological polar surface area (TPSA) is 115 Å². The number of hydrogen-bond acceptors (Lipinski definition) is 6. The van der Waals surface area contributed by atoms with Crippen molar-refractivity contribution in [2.45, 2.75) is 13.0 Å². The Balaban J connectivity index is 1.60. The van der Waals surface area contributed by atoms with Gasteiger partial charge in [0, 0.05) is 5.56 Å². The number of anilines is 1. The zero-order valence-corrected chi connectivity index (χ0v) is 16.8. The molecule has 9 heteroatoms. The van der Waals surface area contributed by atoms with Crippen molar-refractivity contribution in [3.63, 3.8) is 0 Å². The molecule has 4 rings (SSSR count). The lowest BCUT2D eigenvalue weighted by Gasteiger charge is -2.12. The molecule has 3 aromatic rings. The first-order valence-corrected chi connectivity index (χ1v) is 9.56. The van der Waals surface area contributed by atoms with Crippen LogP contribution in [0.2, 0.25) is 0 Å². The summed E-state index contributed by atoms with van der Waals surface area (Å²) in [5.41, 5.74) is 1.86. The van der Waals surface area contributed by atoms with Crippen molar-refractivity contribution >= 4 is 29.0 Å². The molecule has 0 saturated carbocycles. The quantitative estimate of drug-likeness (QED) is 0.565. The number of nitrogens with zero attached hydrogens (tertiary/aromatic N) is 4. The largest absolute Gasteiger partial charge is 0.505 e. The van der Waals surface area contributed by atoms with Gasteiger partial charge in [-0.2, -0.15) is 20.3 Å². The highest BCUT2D eigenvalue weighted by Gasteiger charge is 2.34. The molecule has 160 valence electrons. The van der Waals surface area contributed by atoms with Crippen molar-refractivity contribution in [2.75, 3.05) is 5.01 Å². The molecular formula is C23H17FN4O4. The standard InChI is InChI=1S/C23H17FN4O4/c1-13-20(22(30)28(27-13)17-10-8-16(24)9-11-17)26-25-19-7-3-6-18(21(19)29)14-4-2-5-15(12-14)23(31)32/h2-12,20,29H,1H3,(H,31,32). The zero-order chi connectivity index (χ0) is 22.8. The summed E-state index contributed by atoms with van der Waals surface area (Å²) in [5, 5.41) is 33.3. The molecule has 0 spiro atoms. The van der Waals surface area contributed by atoms with Crippen LogP contribution in [0.5, 0.6) is 5.75 Å². The summed E-state index contributed by atoms with van der Waals surface area (Å²) in [6.07, 6.45) is 0. The van der Waals surface area contributed by atoms with Gasteiger partial charge in [0.15, 0.2) is 11.8 Å². The summed E-state index contributed by atoms with van der Waals surface area (Å²) in [6.45, 7) is 1.62. The molecule has 1 unspecified atom stereocenters. The van der Waals surface area contributed by atoms with Gasteiger partial charge in [0.05, 0.1) is 17.0 Å². The van der Waals surface area contributed by atoms with Crippen LogP contribution in [-0.4, -0.2) is 33.8 Å². The number of amides is 1. The van der Waals surface area contributed by atoms with Crippen LogP contribution >= 0.6 is 0 Å². The number of rotatable bonds is 5. The number of carboxylic acids is 1. The molecule has 3 aromatic carbocycles. The van der Waals surface area contributed by atoms with Crippen molar-refractivity contribution in [1.82, 2.24) is 0 Å². The first kappa shape index (κ1) is 20.9. The Labute approximate surface area is 182 Å². The van der Waals surface area contributed by atoms with E-state index in [0.717, 1.165) is 5.01 Å². The number of azo groups is 1. The van der Waals surface area contributed by atoms with E-state index in [2.05, 4.69) is 15.3 Å². The van der Waals surface area contributed by atoms with Gasteiger partial charge in [0.25, 0.3) is 5.91 Å². The Morgan fingerprint density at radius 2 is 1.81 bits per heavy atom. The van der Waals surface area contributed by atoms with Gasteiger partial charge in [-0.15, -0.1) is 0 Å². The molecule has 0 aromatic heterocycles. The van der Waals surface area contributed by atoms with E-state index in [0.29, 0.717) is 22.5 Å². The molecule has 8 nitrogen and oxygen atoms in total. The monoisotopic (exact) mass is 432 g/mol. The van der Waals surface area contributed by atoms with Gasteiger partial charge in [0.1, 0.15) is 11.5 Å². The number of hydrogen-bond donors (Lipinski definition) is 2. The van der Waals surface area contributed by atoms with E-state index in [1.165, 1.54) is 42.5 Å². The Morgan fingerprint density at radius 3 is 2.53 bits per heavy atom. The number of para-hydroxylation sites is 1. The second-order valence-electron chi connectivity index (χ2n) is 7.05. The van der Waals surface area contributed by atoms with Crippen molar-refractivity contribution < 1.29 is 24.2 Å². The van der Waals surface area contributed by atoms with Crippen LogP contribution in [0, 0.1) is 5.82 Å². The summed E-state index contributed by atoms with van der Waals surface area (Å²) in [4.78, 5) is 24.0. The molecule has 1 atom stereocenters. The number of aromatic carboxylic acids is 1. The SMILES string of the molecule is CC1=NN(c2ccc(F)cc2)C(=O)C1N=Nc1cccc(-c2cccc(C(=O)O)c2)c1O. The van der Waals surface area contributed by atoms with Gasteiger partial charge in [-0.05, 0) is 55.0 Å². The van der Waals surface area contributed by atoms with Crippen molar-refractivity contribution in [3.05, 3.63) is 78.1 Å². The lowest BCUT2D eigenvalue weighted by Crippen LogP contribution is -2.29. The predicted octanol–water partition coefficient (Wildman–Crippen LogP) is 4.77. The smallest absolute Gasteiger partial charge is 0.335 e. The molecule has 2 N–H and O–H groups in total. The summed E-state index contributed by atoms with van der Waals surface area (Å²) in [7, 11) is 0. The highest BCUT2D eigenvalue weighted by molar-refractivity contribution is 6.18. The normalized spacial score (nSPS) is 15.9. The number of phenolic OH excluding ortho intramolecular Hbond substituents is 1. The van der Waals surface area contributed by atoms with Crippen LogP contribution in [0.25, 0.3) is 11.1 Å². The highest BCUT2D eigenvalue weighted by atomic mass is 19.1. The zero-order valence-electron chi connectivity index (χ0n) is 16.8. The maximum atomic E-state index is 13.2. The van der Waals surface area contributed by atoms with E-state index >= 15 is 0 Å². The maximum Gasteiger partial charge on any atom is 0.335 e. The van der Waals surface area contributed by atoms with Gasteiger partial charge < -0.3 is 10.2 Å². The average Bonchev–Trinajstić information content (AvgIpc) is 3.07. The van der Waals surface area contributed by atoms with Gasteiger partial charge in [-0.25, -0.2) is 9.18 Å². The maximum absolute atomic E-state index is 13.2. The highest BCUT2D eigenvalue weighted by Crippen LogP contribution is 2.38. The van der Waals surface area contributed by atoms with Gasteiger partial charge in [-0.1, -0.05) is 24.3 Å². The van der Waals surface area contributed by atoms with Crippen LogP contribution < -0.4 is 5.01 Å². The van der Waals surface area contributed by atoms with E-state index in [4.69, 9.17) is 0 Å². The van der Waals surface area contributed by atoms with E-state index in [1.807, 2.05) is 0 Å². The summed E-state index contributed by atoms with van der Waals surface area (Å²) < 4.78 is 13.2. The third-order valence-corrected chi connectivity index (χ3v) is 4.88. The molecule has 0 saturated heterocycles. The third-order valence-electron chi connectivity index (χ3n) is 4.88. The number of halogens is 1. The summed E-state index contributed by atoms with van der Waals surface area (Å²) >= 11 is 0. The van der Waals surface area contributed by atoms with Crippen molar-refractivity contribution in [3.8, 4) is 16.9 Å². The molecule has 0 aliphatic carbocycles. The van der Waals surface area contributed by atoms with E-state index in [1.54, 1.807) is 31.2 Å². The number of hydrazone groups is 1. The first-order valence-electron chi connectivity index (χ1n) is 9.56. The Hall–Kier alpha value is -4.40. The fourth-order valence-corrected chi connectivity index (χ4v) is 3.24. The molecule has 1 aliphatic rings. The molecule has 32 heavy (non-hydrogen) atoms. The van der Waals surface area contributed by atoms with Gasteiger partial charge in [-0.3, -0.25) is 4.79 Å². The van der Waals surface area contributed by atoms with Crippen LogP contribution in [0.4, 0.5) is 15.8 Å². The predicted molar refractivity (Wildman–Crippen MR) is 116 cm³/mol. The van der Waals surface area contributed by atoms with Crippen LogP contribution in [0.3, 0.4) is 0 Å². The number of phenols is 1. The summed E-state index contributed by atoms with van der Waals surface area (Å²) in [5.74, 6) is -2.17. The molecule has 0 radical (unpaired) electrons. The number of benzene rings is 3. The molecule has 1 heterocycles. The van der Waals surface area contributed by atoms with Crippen molar-refractivity contribution in [1.29, 1.82) is 0 Å². The fourth-order valence-electron chi connectivity index (χ4n) is 3.24.